The molecule has 0 radical (unpaired) electrons. The molecule has 7 nitrogen and oxygen atoms in total. The minimum Gasteiger partial charge on any atom is -0.480 e. The van der Waals surface area contributed by atoms with E-state index in [-0.39, 0.29) is 11.9 Å². The predicted molar refractivity (Wildman–Crippen MR) is 110 cm³/mol. The number of nitrogens with zero attached hydrogens (tertiary/aromatic N) is 4. The molecule has 1 aliphatic heterocycles. The number of aromatic nitrogens is 3. The Bertz CT molecular complexity index is 1090. The molecule has 3 aromatic rings. The zero-order valence-electron chi connectivity index (χ0n) is 16.8. The van der Waals surface area contributed by atoms with Crippen LogP contribution in [0.15, 0.2) is 36.5 Å². The van der Waals surface area contributed by atoms with Crippen LogP contribution in [0.3, 0.4) is 0 Å². The van der Waals surface area contributed by atoms with Gasteiger partial charge in [-0.3, -0.25) is 4.79 Å². The number of aliphatic carboxylic acids is 1. The number of rotatable bonds is 4. The number of carboxylic acids is 1. The quantitative estimate of drug-likeness (QED) is 0.732. The Morgan fingerprint density at radius 2 is 1.93 bits per heavy atom. The average molecular weight is 392 g/mol. The van der Waals surface area contributed by atoms with Crippen LogP contribution in [-0.4, -0.2) is 49.2 Å². The van der Waals surface area contributed by atoms with Gasteiger partial charge in [-0.25, -0.2) is 14.5 Å². The molecule has 1 atom stereocenters. The maximum atomic E-state index is 13.4. The first kappa shape index (κ1) is 19.1. The summed E-state index contributed by atoms with van der Waals surface area (Å²) in [4.78, 5) is 31.2. The third kappa shape index (κ3) is 3.37. The molecule has 1 aromatic carbocycles. The SMILES string of the molecule is Cc1ccc(-c2cc(C(=O)N3CCCC3C(=O)O)c3cnn(C(C)C)c3n2)cc1. The first-order chi connectivity index (χ1) is 13.9. The Balaban J connectivity index is 1.89. The van der Waals surface area contributed by atoms with Crippen molar-refractivity contribution < 1.29 is 14.7 Å². The lowest BCUT2D eigenvalue weighted by molar-refractivity contribution is -0.141. The fraction of sp³-hybridized carbons (Fsp3) is 0.364. The largest absolute Gasteiger partial charge is 0.480 e. The average Bonchev–Trinajstić information content (AvgIpc) is 3.34. The van der Waals surface area contributed by atoms with Crippen molar-refractivity contribution in [3.8, 4) is 11.3 Å². The van der Waals surface area contributed by atoms with Gasteiger partial charge >= 0.3 is 5.97 Å². The monoisotopic (exact) mass is 392 g/mol. The van der Waals surface area contributed by atoms with Crippen LogP contribution in [0, 0.1) is 6.92 Å². The van der Waals surface area contributed by atoms with Gasteiger partial charge in [0, 0.05) is 18.2 Å². The molecule has 7 heteroatoms. The number of likely N-dealkylation sites (tertiary alicyclic amines) is 1. The number of aryl methyl sites for hydroxylation is 1. The summed E-state index contributed by atoms with van der Waals surface area (Å²) in [5.74, 6) is -1.24. The Hall–Kier alpha value is -3.22. The highest BCUT2D eigenvalue weighted by molar-refractivity contribution is 6.07. The van der Waals surface area contributed by atoms with E-state index >= 15 is 0 Å². The van der Waals surface area contributed by atoms with Crippen LogP contribution in [0.5, 0.6) is 0 Å². The zero-order valence-corrected chi connectivity index (χ0v) is 16.8. The standard InChI is InChI=1S/C22H24N4O3/c1-13(2)26-20-17(12-23-26)16(21(27)25-10-4-5-19(25)22(28)29)11-18(24-20)15-8-6-14(3)7-9-15/h6-9,11-13,19H,4-5,10H2,1-3H3,(H,28,29). The summed E-state index contributed by atoms with van der Waals surface area (Å²) in [6.07, 6.45) is 2.82. The molecule has 1 amide bonds. The van der Waals surface area contributed by atoms with Gasteiger partial charge in [0.2, 0.25) is 0 Å². The lowest BCUT2D eigenvalue weighted by Gasteiger charge is -2.22. The molecule has 0 spiro atoms. The number of benzene rings is 1. The van der Waals surface area contributed by atoms with Gasteiger partial charge in [-0.2, -0.15) is 5.10 Å². The van der Waals surface area contributed by atoms with E-state index in [4.69, 9.17) is 4.98 Å². The van der Waals surface area contributed by atoms with Gasteiger partial charge in [-0.1, -0.05) is 29.8 Å². The number of hydrogen-bond acceptors (Lipinski definition) is 4. The molecule has 2 aromatic heterocycles. The number of carbonyl (C=O) groups is 2. The fourth-order valence-corrected chi connectivity index (χ4v) is 3.87. The number of hydrogen-bond donors (Lipinski definition) is 1. The zero-order chi connectivity index (χ0) is 20.7. The second-order valence-corrected chi connectivity index (χ2v) is 7.84. The summed E-state index contributed by atoms with van der Waals surface area (Å²) in [6.45, 7) is 6.48. The van der Waals surface area contributed by atoms with E-state index in [0.29, 0.717) is 41.7 Å². The van der Waals surface area contributed by atoms with E-state index < -0.39 is 12.0 Å². The van der Waals surface area contributed by atoms with Crippen molar-refractivity contribution in [2.24, 2.45) is 0 Å². The van der Waals surface area contributed by atoms with Gasteiger partial charge in [-0.05, 0) is 39.7 Å². The second kappa shape index (κ2) is 7.31. The fourth-order valence-electron chi connectivity index (χ4n) is 3.87. The van der Waals surface area contributed by atoms with Gasteiger partial charge < -0.3 is 10.0 Å². The molecule has 1 unspecified atom stereocenters. The summed E-state index contributed by atoms with van der Waals surface area (Å²) in [7, 11) is 0. The van der Waals surface area contributed by atoms with Gasteiger partial charge in [0.15, 0.2) is 5.65 Å². The summed E-state index contributed by atoms with van der Waals surface area (Å²) in [6, 6.07) is 9.02. The van der Waals surface area contributed by atoms with Crippen LogP contribution in [-0.2, 0) is 4.79 Å². The maximum absolute atomic E-state index is 13.4. The van der Waals surface area contributed by atoms with Crippen LogP contribution in [0.2, 0.25) is 0 Å². The molecule has 0 bridgehead atoms. The van der Waals surface area contributed by atoms with Crippen LogP contribution >= 0.6 is 0 Å². The number of carbonyl (C=O) groups excluding carboxylic acids is 1. The topological polar surface area (TPSA) is 88.3 Å². The van der Waals surface area contributed by atoms with Crippen LogP contribution in [0.4, 0.5) is 0 Å². The predicted octanol–water partition coefficient (Wildman–Crippen LogP) is 3.68. The normalized spacial score (nSPS) is 16.7. The number of amides is 1. The molecular formula is C22H24N4O3. The Morgan fingerprint density at radius 1 is 1.21 bits per heavy atom. The third-order valence-corrected chi connectivity index (χ3v) is 5.43. The molecular weight excluding hydrogens is 368 g/mol. The molecule has 1 N–H and O–H groups in total. The summed E-state index contributed by atoms with van der Waals surface area (Å²) >= 11 is 0. The lowest BCUT2D eigenvalue weighted by Crippen LogP contribution is -2.40. The molecule has 4 rings (SSSR count). The lowest BCUT2D eigenvalue weighted by atomic mass is 10.0. The van der Waals surface area contributed by atoms with E-state index in [1.54, 1.807) is 16.9 Å². The molecule has 3 heterocycles. The Morgan fingerprint density at radius 3 is 2.59 bits per heavy atom. The van der Waals surface area contributed by atoms with Crippen molar-refractivity contribution >= 4 is 22.9 Å². The number of pyridine rings is 1. The van der Waals surface area contributed by atoms with Crippen molar-refractivity contribution in [3.05, 3.63) is 47.7 Å². The highest BCUT2D eigenvalue weighted by Crippen LogP contribution is 2.29. The van der Waals surface area contributed by atoms with Crippen LogP contribution < -0.4 is 0 Å². The van der Waals surface area contributed by atoms with E-state index in [0.717, 1.165) is 11.1 Å². The number of carboxylic acid groups (broad SMARTS) is 1. The smallest absolute Gasteiger partial charge is 0.326 e. The number of fused-ring (bicyclic) bond motifs is 1. The highest BCUT2D eigenvalue weighted by Gasteiger charge is 2.35. The van der Waals surface area contributed by atoms with Gasteiger partial charge in [0.1, 0.15) is 6.04 Å². The van der Waals surface area contributed by atoms with Crippen molar-refractivity contribution in [2.75, 3.05) is 6.54 Å². The molecule has 150 valence electrons. The van der Waals surface area contributed by atoms with E-state index in [1.165, 1.54) is 4.90 Å². The molecule has 0 saturated carbocycles. The molecule has 0 aliphatic carbocycles. The van der Waals surface area contributed by atoms with Gasteiger partial charge in [-0.15, -0.1) is 0 Å². The van der Waals surface area contributed by atoms with Crippen molar-refractivity contribution in [3.63, 3.8) is 0 Å². The second-order valence-electron chi connectivity index (χ2n) is 7.84. The minimum atomic E-state index is -0.960. The van der Waals surface area contributed by atoms with E-state index in [2.05, 4.69) is 5.10 Å². The Kier molecular flexibility index (Phi) is 4.82. The van der Waals surface area contributed by atoms with Crippen molar-refractivity contribution in [2.45, 2.75) is 45.7 Å². The van der Waals surface area contributed by atoms with E-state index in [1.807, 2.05) is 45.0 Å². The first-order valence-electron chi connectivity index (χ1n) is 9.86. The minimum absolute atomic E-state index is 0.0785. The molecule has 1 aliphatic rings. The van der Waals surface area contributed by atoms with Crippen LogP contribution in [0.25, 0.3) is 22.3 Å². The molecule has 29 heavy (non-hydrogen) atoms. The third-order valence-electron chi connectivity index (χ3n) is 5.43. The first-order valence-corrected chi connectivity index (χ1v) is 9.86. The van der Waals surface area contributed by atoms with Crippen molar-refractivity contribution in [1.82, 2.24) is 19.7 Å². The van der Waals surface area contributed by atoms with E-state index in [9.17, 15) is 14.7 Å². The molecule has 1 fully saturated rings. The van der Waals surface area contributed by atoms with Gasteiger partial charge in [0.25, 0.3) is 5.91 Å². The van der Waals surface area contributed by atoms with Crippen molar-refractivity contribution in [1.29, 1.82) is 0 Å². The summed E-state index contributed by atoms with van der Waals surface area (Å²) in [5, 5.41) is 14.6. The van der Waals surface area contributed by atoms with Crippen LogP contribution in [0.1, 0.15) is 48.7 Å². The van der Waals surface area contributed by atoms with Gasteiger partial charge in [0.05, 0.1) is 22.8 Å². The Labute approximate surface area is 169 Å². The highest BCUT2D eigenvalue weighted by atomic mass is 16.4. The maximum Gasteiger partial charge on any atom is 0.326 e. The summed E-state index contributed by atoms with van der Waals surface area (Å²) < 4.78 is 1.79. The molecule has 1 saturated heterocycles. The summed E-state index contributed by atoms with van der Waals surface area (Å²) in [5.41, 5.74) is 3.80.